The number of nitrogens with one attached hydrogen (secondary N) is 1. The standard InChI is InChI=1S/C34H33N3O4/c1-23-11-7-8-14-28(23)32(38)35-27-19-17-26(18-20-27)33(39)37-21-24(2)31(29-15-9-10-16-30(29)37)36(3)34(40)41-22-25-12-5-4-6-13-25/h4-20,24,31H,21-22H2,1-3H3,(H,35,38). The summed E-state index contributed by atoms with van der Waals surface area (Å²) in [5.74, 6) is -0.386. The van der Waals surface area contributed by atoms with Gasteiger partial charge < -0.3 is 19.9 Å². The first kappa shape index (κ1) is 27.6. The lowest BCUT2D eigenvalue weighted by atomic mass is 9.87. The van der Waals surface area contributed by atoms with Gasteiger partial charge in [-0.1, -0.05) is 73.7 Å². The maximum Gasteiger partial charge on any atom is 0.410 e. The normalized spacial score (nSPS) is 15.9. The average Bonchev–Trinajstić information content (AvgIpc) is 3.00. The van der Waals surface area contributed by atoms with Crippen LogP contribution in [0.1, 0.15) is 50.4 Å². The molecule has 1 N–H and O–H groups in total. The first-order valence-corrected chi connectivity index (χ1v) is 13.6. The van der Waals surface area contributed by atoms with E-state index in [9.17, 15) is 14.4 Å². The summed E-state index contributed by atoms with van der Waals surface area (Å²) in [5, 5.41) is 2.90. The van der Waals surface area contributed by atoms with E-state index in [4.69, 9.17) is 4.74 Å². The molecule has 5 rings (SSSR count). The lowest BCUT2D eigenvalue weighted by molar-refractivity contribution is 0.0783. The molecule has 0 saturated heterocycles. The van der Waals surface area contributed by atoms with E-state index in [0.717, 1.165) is 22.4 Å². The Labute approximate surface area is 240 Å². The SMILES string of the molecule is Cc1ccccc1C(=O)Nc1ccc(C(=O)N2CC(C)C(N(C)C(=O)OCc3ccccc3)c3ccccc32)cc1. The van der Waals surface area contributed by atoms with Gasteiger partial charge >= 0.3 is 6.09 Å². The summed E-state index contributed by atoms with van der Waals surface area (Å²) in [4.78, 5) is 42.8. The Morgan fingerprint density at radius 3 is 2.27 bits per heavy atom. The van der Waals surface area contributed by atoms with Crippen LogP contribution in [-0.2, 0) is 11.3 Å². The number of ether oxygens (including phenoxy) is 1. The number of carbonyl (C=O) groups excluding carboxylic acids is 3. The molecule has 7 heteroatoms. The van der Waals surface area contributed by atoms with E-state index in [2.05, 4.69) is 5.32 Å². The maximum absolute atomic E-state index is 13.7. The second-order valence-electron chi connectivity index (χ2n) is 10.4. The number of fused-ring (bicyclic) bond motifs is 1. The fourth-order valence-corrected chi connectivity index (χ4v) is 5.37. The number of carbonyl (C=O) groups is 3. The highest BCUT2D eigenvalue weighted by Crippen LogP contribution is 2.41. The number of aryl methyl sites for hydroxylation is 1. The van der Waals surface area contributed by atoms with E-state index in [-0.39, 0.29) is 30.4 Å². The molecule has 1 aliphatic rings. The number of para-hydroxylation sites is 1. The van der Waals surface area contributed by atoms with Crippen molar-refractivity contribution in [3.05, 3.63) is 131 Å². The predicted molar refractivity (Wildman–Crippen MR) is 160 cm³/mol. The van der Waals surface area contributed by atoms with E-state index < -0.39 is 6.09 Å². The lowest BCUT2D eigenvalue weighted by Gasteiger charge is -2.42. The zero-order valence-electron chi connectivity index (χ0n) is 23.4. The minimum atomic E-state index is -0.413. The second kappa shape index (κ2) is 12.1. The van der Waals surface area contributed by atoms with Crippen LogP contribution in [0, 0.1) is 12.8 Å². The van der Waals surface area contributed by atoms with Crippen molar-refractivity contribution in [3.63, 3.8) is 0 Å². The number of rotatable bonds is 6. The second-order valence-corrected chi connectivity index (χ2v) is 10.4. The summed E-state index contributed by atoms with van der Waals surface area (Å²) in [6.45, 7) is 4.55. The topological polar surface area (TPSA) is 79.0 Å². The molecule has 41 heavy (non-hydrogen) atoms. The van der Waals surface area contributed by atoms with Gasteiger partial charge in [0.25, 0.3) is 11.8 Å². The first-order valence-electron chi connectivity index (χ1n) is 13.6. The van der Waals surface area contributed by atoms with E-state index in [1.165, 1.54) is 0 Å². The molecule has 0 radical (unpaired) electrons. The van der Waals surface area contributed by atoms with E-state index in [1.54, 1.807) is 47.2 Å². The third kappa shape index (κ3) is 5.99. The van der Waals surface area contributed by atoms with Gasteiger partial charge in [-0.05, 0) is 65.9 Å². The van der Waals surface area contributed by atoms with Crippen LogP contribution in [0.3, 0.4) is 0 Å². The molecule has 0 aromatic heterocycles. The fraction of sp³-hybridized carbons (Fsp3) is 0.206. The number of benzene rings is 4. The zero-order valence-corrected chi connectivity index (χ0v) is 23.4. The lowest BCUT2D eigenvalue weighted by Crippen LogP contribution is -2.46. The number of hydrogen-bond donors (Lipinski definition) is 1. The van der Waals surface area contributed by atoms with Crippen LogP contribution < -0.4 is 10.2 Å². The van der Waals surface area contributed by atoms with Crippen LogP contribution >= 0.6 is 0 Å². The molecule has 4 aromatic rings. The number of hydrogen-bond acceptors (Lipinski definition) is 4. The van der Waals surface area contributed by atoms with Crippen molar-refractivity contribution in [3.8, 4) is 0 Å². The van der Waals surface area contributed by atoms with Crippen molar-refractivity contribution in [2.45, 2.75) is 26.5 Å². The van der Waals surface area contributed by atoms with Crippen LogP contribution in [-0.4, -0.2) is 36.4 Å². The summed E-state index contributed by atoms with van der Waals surface area (Å²) in [6.07, 6.45) is -0.413. The Kier molecular flexibility index (Phi) is 8.15. The monoisotopic (exact) mass is 547 g/mol. The molecule has 2 unspecified atom stereocenters. The molecule has 0 bridgehead atoms. The largest absolute Gasteiger partial charge is 0.445 e. The Balaban J connectivity index is 1.31. The van der Waals surface area contributed by atoms with Gasteiger partial charge in [-0.25, -0.2) is 4.79 Å². The molecule has 0 fully saturated rings. The molecule has 1 heterocycles. The smallest absolute Gasteiger partial charge is 0.410 e. The molecule has 3 amide bonds. The van der Waals surface area contributed by atoms with Gasteiger partial charge in [-0.15, -0.1) is 0 Å². The quantitative estimate of drug-likeness (QED) is 0.286. The van der Waals surface area contributed by atoms with Gasteiger partial charge in [-0.2, -0.15) is 0 Å². The predicted octanol–water partition coefficient (Wildman–Crippen LogP) is 6.85. The maximum atomic E-state index is 13.7. The van der Waals surface area contributed by atoms with Gasteiger partial charge in [0.05, 0.1) is 6.04 Å². The molecular weight excluding hydrogens is 514 g/mol. The summed E-state index contributed by atoms with van der Waals surface area (Å²) < 4.78 is 5.60. The molecule has 0 saturated carbocycles. The number of nitrogens with zero attached hydrogens (tertiary/aromatic N) is 2. The van der Waals surface area contributed by atoms with Crippen molar-refractivity contribution < 1.29 is 19.1 Å². The van der Waals surface area contributed by atoms with Crippen molar-refractivity contribution in [2.75, 3.05) is 23.8 Å². The third-order valence-corrected chi connectivity index (χ3v) is 7.49. The summed E-state index contributed by atoms with van der Waals surface area (Å²) in [5.41, 5.74) is 5.19. The van der Waals surface area contributed by atoms with Crippen LogP contribution in [0.2, 0.25) is 0 Å². The Hall–Kier alpha value is -4.91. The molecule has 0 aliphatic carbocycles. The number of amides is 3. The van der Waals surface area contributed by atoms with Gasteiger partial charge in [0.15, 0.2) is 0 Å². The van der Waals surface area contributed by atoms with Crippen molar-refractivity contribution in [1.29, 1.82) is 0 Å². The highest BCUT2D eigenvalue weighted by atomic mass is 16.6. The molecule has 7 nitrogen and oxygen atoms in total. The third-order valence-electron chi connectivity index (χ3n) is 7.49. The Morgan fingerprint density at radius 2 is 1.54 bits per heavy atom. The molecule has 1 aliphatic heterocycles. The van der Waals surface area contributed by atoms with Crippen molar-refractivity contribution in [2.24, 2.45) is 5.92 Å². The summed E-state index contributed by atoms with van der Waals surface area (Å²) in [6, 6.07) is 31.3. The molecular formula is C34H33N3O4. The van der Waals surface area contributed by atoms with Gasteiger partial charge in [0.1, 0.15) is 6.61 Å². The minimum absolute atomic E-state index is 0.0456. The van der Waals surface area contributed by atoms with Gasteiger partial charge in [0, 0.05) is 36.1 Å². The van der Waals surface area contributed by atoms with Crippen LogP contribution in [0.4, 0.5) is 16.2 Å². The molecule has 2 atom stereocenters. The van der Waals surface area contributed by atoms with Crippen molar-refractivity contribution >= 4 is 29.3 Å². The highest BCUT2D eigenvalue weighted by Gasteiger charge is 2.38. The van der Waals surface area contributed by atoms with E-state index >= 15 is 0 Å². The average molecular weight is 548 g/mol. The molecule has 4 aromatic carbocycles. The minimum Gasteiger partial charge on any atom is -0.445 e. The van der Waals surface area contributed by atoms with Gasteiger partial charge in [-0.3, -0.25) is 9.59 Å². The first-order chi connectivity index (χ1) is 19.8. The van der Waals surface area contributed by atoms with Crippen LogP contribution in [0.25, 0.3) is 0 Å². The Bertz CT molecular complexity index is 1550. The Morgan fingerprint density at radius 1 is 0.878 bits per heavy atom. The fourth-order valence-electron chi connectivity index (χ4n) is 5.37. The number of anilines is 2. The van der Waals surface area contributed by atoms with Gasteiger partial charge in [0.2, 0.25) is 0 Å². The van der Waals surface area contributed by atoms with Crippen LogP contribution in [0.15, 0.2) is 103 Å². The molecule has 208 valence electrons. The highest BCUT2D eigenvalue weighted by molar-refractivity contribution is 6.08. The van der Waals surface area contributed by atoms with E-state index in [1.807, 2.05) is 86.6 Å². The summed E-state index contributed by atoms with van der Waals surface area (Å²) >= 11 is 0. The summed E-state index contributed by atoms with van der Waals surface area (Å²) in [7, 11) is 1.74. The van der Waals surface area contributed by atoms with E-state index in [0.29, 0.717) is 23.4 Å². The van der Waals surface area contributed by atoms with Crippen LogP contribution in [0.5, 0.6) is 0 Å². The zero-order chi connectivity index (χ0) is 28.9. The van der Waals surface area contributed by atoms with Crippen molar-refractivity contribution in [1.82, 2.24) is 4.90 Å². The molecule has 0 spiro atoms.